The molecule has 5 nitrogen and oxygen atoms in total. The summed E-state index contributed by atoms with van der Waals surface area (Å²) in [4.78, 5) is 17.0. The standard InChI is InChI=1S/C14H17F3N2O3/c1-22-13(21)12(20)9-4-6-19(7-5-9)11-3-2-10(8-18-11)14(15,16)17/h2-3,8-9,12,20H,4-7H2,1H3. The minimum atomic E-state index is -4.40. The summed E-state index contributed by atoms with van der Waals surface area (Å²) in [5.41, 5.74) is -0.785. The van der Waals surface area contributed by atoms with Crippen LogP contribution in [0.2, 0.25) is 0 Å². The van der Waals surface area contributed by atoms with Crippen LogP contribution in [-0.4, -0.2) is 42.4 Å². The van der Waals surface area contributed by atoms with Crippen molar-refractivity contribution in [2.75, 3.05) is 25.1 Å². The van der Waals surface area contributed by atoms with Gasteiger partial charge >= 0.3 is 12.1 Å². The summed E-state index contributed by atoms with van der Waals surface area (Å²) in [5.74, 6) is -0.414. The molecule has 2 heterocycles. The normalized spacial score (nSPS) is 18.1. The summed E-state index contributed by atoms with van der Waals surface area (Å²) in [6, 6.07) is 2.33. The molecule has 1 fully saturated rings. The second-order valence-corrected chi connectivity index (χ2v) is 5.20. The number of aliphatic hydroxyl groups is 1. The molecule has 0 bridgehead atoms. The van der Waals surface area contributed by atoms with E-state index in [0.717, 1.165) is 12.3 Å². The molecule has 1 aliphatic heterocycles. The molecule has 1 N–H and O–H groups in total. The van der Waals surface area contributed by atoms with Crippen LogP contribution < -0.4 is 4.90 Å². The highest BCUT2D eigenvalue weighted by Crippen LogP contribution is 2.30. The van der Waals surface area contributed by atoms with Crippen LogP contribution in [0.15, 0.2) is 18.3 Å². The Bertz CT molecular complexity index is 511. The first-order chi connectivity index (χ1) is 10.3. The molecule has 22 heavy (non-hydrogen) atoms. The van der Waals surface area contributed by atoms with Crippen LogP contribution in [-0.2, 0) is 15.7 Å². The molecule has 1 aromatic rings. The molecule has 0 radical (unpaired) electrons. The van der Waals surface area contributed by atoms with Crippen LogP contribution in [0.1, 0.15) is 18.4 Å². The van der Waals surface area contributed by atoms with Gasteiger partial charge in [-0.15, -0.1) is 0 Å². The van der Waals surface area contributed by atoms with Gasteiger partial charge in [-0.3, -0.25) is 0 Å². The van der Waals surface area contributed by atoms with E-state index in [1.54, 1.807) is 0 Å². The molecule has 1 atom stereocenters. The van der Waals surface area contributed by atoms with Gasteiger partial charge in [0.1, 0.15) is 5.82 Å². The molecule has 8 heteroatoms. The van der Waals surface area contributed by atoms with Crippen molar-refractivity contribution in [3.63, 3.8) is 0 Å². The molecule has 0 spiro atoms. The van der Waals surface area contributed by atoms with Crippen molar-refractivity contribution in [3.05, 3.63) is 23.9 Å². The average molecular weight is 318 g/mol. The number of alkyl halides is 3. The van der Waals surface area contributed by atoms with E-state index in [1.165, 1.54) is 13.2 Å². The van der Waals surface area contributed by atoms with Crippen molar-refractivity contribution in [2.45, 2.75) is 25.1 Å². The number of nitrogens with zero attached hydrogens (tertiary/aromatic N) is 2. The zero-order chi connectivity index (χ0) is 16.3. The lowest BCUT2D eigenvalue weighted by molar-refractivity contribution is -0.153. The van der Waals surface area contributed by atoms with Gasteiger partial charge in [0.25, 0.3) is 0 Å². The number of carbonyl (C=O) groups excluding carboxylic acids is 1. The van der Waals surface area contributed by atoms with Gasteiger partial charge in [0.15, 0.2) is 6.10 Å². The van der Waals surface area contributed by atoms with Crippen molar-refractivity contribution in [3.8, 4) is 0 Å². The first kappa shape index (κ1) is 16.5. The van der Waals surface area contributed by atoms with Gasteiger partial charge in [-0.05, 0) is 30.9 Å². The summed E-state index contributed by atoms with van der Waals surface area (Å²) in [5, 5.41) is 9.79. The fourth-order valence-electron chi connectivity index (χ4n) is 2.50. The zero-order valence-electron chi connectivity index (χ0n) is 12.0. The highest BCUT2D eigenvalue weighted by atomic mass is 19.4. The van der Waals surface area contributed by atoms with E-state index in [9.17, 15) is 23.1 Å². The summed E-state index contributed by atoms with van der Waals surface area (Å²) < 4.78 is 42.0. The number of methoxy groups -OCH3 is 1. The summed E-state index contributed by atoms with van der Waals surface area (Å²) in [6.07, 6.45) is -3.67. The number of pyridine rings is 1. The molecule has 0 amide bonds. The monoisotopic (exact) mass is 318 g/mol. The number of rotatable bonds is 3. The van der Waals surface area contributed by atoms with Crippen molar-refractivity contribution in [1.29, 1.82) is 0 Å². The molecule has 122 valence electrons. The van der Waals surface area contributed by atoms with E-state index in [1.807, 2.05) is 4.90 Å². The van der Waals surface area contributed by atoms with Crippen molar-refractivity contribution >= 4 is 11.8 Å². The van der Waals surface area contributed by atoms with Gasteiger partial charge in [-0.1, -0.05) is 0 Å². The van der Waals surface area contributed by atoms with E-state index in [-0.39, 0.29) is 5.92 Å². The van der Waals surface area contributed by atoms with Crippen LogP contribution in [0.3, 0.4) is 0 Å². The number of piperidine rings is 1. The third kappa shape index (κ3) is 3.68. The van der Waals surface area contributed by atoms with Crippen molar-refractivity contribution in [1.82, 2.24) is 4.98 Å². The number of halogens is 3. The second kappa shape index (κ2) is 6.51. The minimum absolute atomic E-state index is 0.210. The van der Waals surface area contributed by atoms with E-state index in [0.29, 0.717) is 31.7 Å². The lowest BCUT2D eigenvalue weighted by atomic mass is 9.91. The molecule has 0 aliphatic carbocycles. The van der Waals surface area contributed by atoms with E-state index in [2.05, 4.69) is 9.72 Å². The molecule has 1 aromatic heterocycles. The van der Waals surface area contributed by atoms with Crippen LogP contribution in [0.5, 0.6) is 0 Å². The lowest BCUT2D eigenvalue weighted by Gasteiger charge is -2.34. The van der Waals surface area contributed by atoms with Gasteiger partial charge in [0, 0.05) is 19.3 Å². The van der Waals surface area contributed by atoms with Crippen LogP contribution in [0.4, 0.5) is 19.0 Å². The van der Waals surface area contributed by atoms with E-state index < -0.39 is 23.8 Å². The fraction of sp³-hybridized carbons (Fsp3) is 0.571. The number of anilines is 1. The predicted octanol–water partition coefficient (Wildman–Crippen LogP) is 1.85. The van der Waals surface area contributed by atoms with Crippen LogP contribution in [0.25, 0.3) is 0 Å². The van der Waals surface area contributed by atoms with Crippen LogP contribution in [0, 0.1) is 5.92 Å². The van der Waals surface area contributed by atoms with Gasteiger partial charge in [-0.25, -0.2) is 9.78 Å². The maximum absolute atomic E-state index is 12.5. The molecular weight excluding hydrogens is 301 g/mol. The van der Waals surface area contributed by atoms with Gasteiger partial charge in [0.2, 0.25) is 0 Å². The second-order valence-electron chi connectivity index (χ2n) is 5.20. The third-order valence-corrected chi connectivity index (χ3v) is 3.83. The highest BCUT2D eigenvalue weighted by molar-refractivity contribution is 5.74. The zero-order valence-corrected chi connectivity index (χ0v) is 12.0. The van der Waals surface area contributed by atoms with Crippen molar-refractivity contribution in [2.24, 2.45) is 5.92 Å². The van der Waals surface area contributed by atoms with E-state index in [4.69, 9.17) is 0 Å². The van der Waals surface area contributed by atoms with Gasteiger partial charge in [0.05, 0.1) is 12.7 Å². The Balaban J connectivity index is 1.96. The first-order valence-corrected chi connectivity index (χ1v) is 6.87. The summed E-state index contributed by atoms with van der Waals surface area (Å²) in [6.45, 7) is 1.02. The maximum atomic E-state index is 12.5. The number of ether oxygens (including phenoxy) is 1. The Hall–Kier alpha value is -1.83. The summed E-state index contributed by atoms with van der Waals surface area (Å²) in [7, 11) is 1.22. The maximum Gasteiger partial charge on any atom is 0.417 e. The molecule has 1 unspecified atom stereocenters. The molecule has 0 aromatic carbocycles. The first-order valence-electron chi connectivity index (χ1n) is 6.87. The number of hydrogen-bond acceptors (Lipinski definition) is 5. The van der Waals surface area contributed by atoms with Crippen LogP contribution >= 0.6 is 0 Å². The molecule has 0 saturated carbocycles. The Kier molecular flexibility index (Phi) is 4.90. The number of hydrogen-bond donors (Lipinski definition) is 1. The third-order valence-electron chi connectivity index (χ3n) is 3.83. The molecule has 2 rings (SSSR count). The predicted molar refractivity (Wildman–Crippen MR) is 72.2 cm³/mol. The largest absolute Gasteiger partial charge is 0.467 e. The Morgan fingerprint density at radius 2 is 2.05 bits per heavy atom. The van der Waals surface area contributed by atoms with Gasteiger partial charge < -0.3 is 14.7 Å². The number of carbonyl (C=O) groups is 1. The Morgan fingerprint density at radius 1 is 1.41 bits per heavy atom. The number of aromatic nitrogens is 1. The number of aliphatic hydroxyl groups excluding tert-OH is 1. The quantitative estimate of drug-likeness (QED) is 0.862. The summed E-state index contributed by atoms with van der Waals surface area (Å²) >= 11 is 0. The smallest absolute Gasteiger partial charge is 0.417 e. The van der Waals surface area contributed by atoms with E-state index >= 15 is 0 Å². The molecular formula is C14H17F3N2O3. The molecule has 1 aliphatic rings. The Labute approximate surface area is 125 Å². The van der Waals surface area contributed by atoms with Gasteiger partial charge in [-0.2, -0.15) is 13.2 Å². The SMILES string of the molecule is COC(=O)C(O)C1CCN(c2ccc(C(F)(F)F)cn2)CC1. The minimum Gasteiger partial charge on any atom is -0.467 e. The fourth-order valence-corrected chi connectivity index (χ4v) is 2.50. The topological polar surface area (TPSA) is 62.7 Å². The number of esters is 1. The Morgan fingerprint density at radius 3 is 2.50 bits per heavy atom. The average Bonchev–Trinajstić information content (AvgIpc) is 2.53. The highest BCUT2D eigenvalue weighted by Gasteiger charge is 2.32. The van der Waals surface area contributed by atoms with Crippen molar-refractivity contribution < 1.29 is 27.8 Å². The lowest BCUT2D eigenvalue weighted by Crippen LogP contribution is -2.41. The molecule has 1 saturated heterocycles.